The summed E-state index contributed by atoms with van der Waals surface area (Å²) in [7, 11) is 0. The van der Waals surface area contributed by atoms with Gasteiger partial charge in [0, 0.05) is 17.8 Å². The van der Waals surface area contributed by atoms with Gasteiger partial charge in [0.15, 0.2) is 0 Å². The second-order valence-electron chi connectivity index (χ2n) is 5.33. The summed E-state index contributed by atoms with van der Waals surface area (Å²) in [5, 5.41) is 10.9. The molecule has 1 heterocycles. The van der Waals surface area contributed by atoms with Crippen LogP contribution >= 0.6 is 23.2 Å². The van der Waals surface area contributed by atoms with Crippen LogP contribution in [-0.2, 0) is 12.7 Å². The molecule has 0 saturated heterocycles. The molecule has 3 aromatic rings. The molecule has 25 heavy (non-hydrogen) atoms. The molecule has 8 heteroatoms. The van der Waals surface area contributed by atoms with Crippen LogP contribution in [0.5, 0.6) is 0 Å². The highest BCUT2D eigenvalue weighted by Crippen LogP contribution is 2.31. The summed E-state index contributed by atoms with van der Waals surface area (Å²) >= 11 is 11.8. The van der Waals surface area contributed by atoms with Crippen LogP contribution in [0.15, 0.2) is 48.7 Å². The molecule has 0 bridgehead atoms. The first-order valence-electron chi connectivity index (χ1n) is 7.23. The van der Waals surface area contributed by atoms with Crippen molar-refractivity contribution in [2.24, 2.45) is 0 Å². The van der Waals surface area contributed by atoms with Crippen molar-refractivity contribution in [2.45, 2.75) is 12.7 Å². The van der Waals surface area contributed by atoms with Crippen LogP contribution in [0.1, 0.15) is 11.1 Å². The fourth-order valence-electron chi connectivity index (χ4n) is 2.32. The van der Waals surface area contributed by atoms with E-state index in [0.717, 1.165) is 23.4 Å². The smallest absolute Gasteiger partial charge is 0.381 e. The third kappa shape index (κ3) is 4.08. The van der Waals surface area contributed by atoms with E-state index in [2.05, 4.69) is 15.5 Å². The number of hydrogen-bond acceptors (Lipinski definition) is 2. The van der Waals surface area contributed by atoms with Gasteiger partial charge in [-0.05, 0) is 35.9 Å². The van der Waals surface area contributed by atoms with Gasteiger partial charge in [0.25, 0.3) is 0 Å². The quantitative estimate of drug-likeness (QED) is 0.576. The van der Waals surface area contributed by atoms with Crippen LogP contribution in [-0.4, -0.2) is 10.2 Å². The van der Waals surface area contributed by atoms with Gasteiger partial charge in [0.1, 0.15) is 0 Å². The minimum Gasteiger partial charge on any atom is -0.381 e. The number of aromatic nitrogens is 2. The Labute approximate surface area is 151 Å². The van der Waals surface area contributed by atoms with E-state index in [4.69, 9.17) is 23.2 Å². The van der Waals surface area contributed by atoms with Crippen molar-refractivity contribution in [3.8, 4) is 11.3 Å². The zero-order valence-electron chi connectivity index (χ0n) is 12.7. The molecule has 0 fully saturated rings. The van der Waals surface area contributed by atoms with Crippen molar-refractivity contribution in [1.29, 1.82) is 0 Å². The Morgan fingerprint density at radius 2 is 1.72 bits per heavy atom. The number of H-pyrrole nitrogens is 1. The molecule has 3 nitrogen and oxygen atoms in total. The van der Waals surface area contributed by atoms with Gasteiger partial charge in [-0.1, -0.05) is 35.3 Å². The molecule has 0 aliphatic heterocycles. The van der Waals surface area contributed by atoms with Crippen molar-refractivity contribution in [1.82, 2.24) is 10.2 Å². The number of halogens is 5. The first-order chi connectivity index (χ1) is 11.8. The molecule has 1 aromatic heterocycles. The van der Waals surface area contributed by atoms with Crippen molar-refractivity contribution in [3.05, 3.63) is 69.8 Å². The van der Waals surface area contributed by atoms with Gasteiger partial charge in [-0.2, -0.15) is 18.3 Å². The van der Waals surface area contributed by atoms with E-state index in [1.54, 1.807) is 24.4 Å². The third-order valence-electron chi connectivity index (χ3n) is 3.62. The van der Waals surface area contributed by atoms with Crippen LogP contribution in [0, 0.1) is 0 Å². The minimum atomic E-state index is -4.36. The van der Waals surface area contributed by atoms with Crippen LogP contribution < -0.4 is 5.32 Å². The van der Waals surface area contributed by atoms with Gasteiger partial charge < -0.3 is 5.32 Å². The average molecular weight is 386 g/mol. The predicted octanol–water partition coefficient (Wildman–Crippen LogP) is 6.01. The Kier molecular flexibility index (Phi) is 4.92. The van der Waals surface area contributed by atoms with E-state index in [9.17, 15) is 13.2 Å². The highest BCUT2D eigenvalue weighted by molar-refractivity contribution is 6.42. The molecule has 0 aliphatic rings. The average Bonchev–Trinajstić information content (AvgIpc) is 3.04. The molecule has 0 unspecified atom stereocenters. The van der Waals surface area contributed by atoms with E-state index in [1.807, 2.05) is 0 Å². The number of nitrogens with one attached hydrogen (secondary N) is 2. The largest absolute Gasteiger partial charge is 0.416 e. The lowest BCUT2D eigenvalue weighted by atomic mass is 10.1. The maximum atomic E-state index is 12.7. The Bertz CT molecular complexity index is 874. The second-order valence-corrected chi connectivity index (χ2v) is 6.14. The minimum absolute atomic E-state index is 0.421. The normalized spacial score (nSPS) is 11.6. The van der Waals surface area contributed by atoms with E-state index in [-0.39, 0.29) is 0 Å². The zero-order chi connectivity index (χ0) is 18.0. The Balaban J connectivity index is 1.77. The number of benzene rings is 2. The fourth-order valence-corrected chi connectivity index (χ4v) is 2.62. The number of hydrogen-bond donors (Lipinski definition) is 2. The monoisotopic (exact) mass is 385 g/mol. The predicted molar refractivity (Wildman–Crippen MR) is 92.8 cm³/mol. The Morgan fingerprint density at radius 1 is 1.00 bits per heavy atom. The molecular weight excluding hydrogens is 374 g/mol. The molecule has 0 amide bonds. The lowest BCUT2D eigenvalue weighted by Gasteiger charge is -2.09. The van der Waals surface area contributed by atoms with Gasteiger partial charge in [-0.3, -0.25) is 5.10 Å². The molecule has 130 valence electrons. The lowest BCUT2D eigenvalue weighted by molar-refractivity contribution is -0.137. The molecule has 0 spiro atoms. The van der Waals surface area contributed by atoms with Crippen LogP contribution in [0.3, 0.4) is 0 Å². The number of nitrogens with zero attached hydrogens (tertiary/aromatic N) is 1. The summed E-state index contributed by atoms with van der Waals surface area (Å²) in [6.07, 6.45) is -2.73. The highest BCUT2D eigenvalue weighted by atomic mass is 35.5. The summed E-state index contributed by atoms with van der Waals surface area (Å²) < 4.78 is 38.0. The van der Waals surface area contributed by atoms with E-state index < -0.39 is 11.7 Å². The molecule has 0 atom stereocenters. The maximum Gasteiger partial charge on any atom is 0.416 e. The van der Waals surface area contributed by atoms with Crippen molar-refractivity contribution >= 4 is 28.9 Å². The SMILES string of the molecule is FC(F)(F)c1ccc(-c2[nH]ncc2CNc2ccc(Cl)c(Cl)c2)cc1. The van der Waals surface area contributed by atoms with Crippen LogP contribution in [0.25, 0.3) is 11.3 Å². The third-order valence-corrected chi connectivity index (χ3v) is 4.36. The first kappa shape index (κ1) is 17.6. The van der Waals surface area contributed by atoms with Gasteiger partial charge in [-0.25, -0.2) is 0 Å². The molecule has 3 rings (SSSR count). The number of alkyl halides is 3. The van der Waals surface area contributed by atoms with Crippen LogP contribution in [0.4, 0.5) is 18.9 Å². The Morgan fingerprint density at radius 3 is 2.36 bits per heavy atom. The molecule has 0 aliphatic carbocycles. The zero-order valence-corrected chi connectivity index (χ0v) is 14.2. The van der Waals surface area contributed by atoms with Crippen molar-refractivity contribution < 1.29 is 13.2 Å². The fraction of sp³-hybridized carbons (Fsp3) is 0.118. The van der Waals surface area contributed by atoms with Crippen molar-refractivity contribution in [2.75, 3.05) is 5.32 Å². The molecule has 0 saturated carbocycles. The van der Waals surface area contributed by atoms with Gasteiger partial charge in [-0.15, -0.1) is 0 Å². The second kappa shape index (κ2) is 6.98. The highest BCUT2D eigenvalue weighted by Gasteiger charge is 2.30. The van der Waals surface area contributed by atoms with Gasteiger partial charge >= 0.3 is 6.18 Å². The number of anilines is 1. The van der Waals surface area contributed by atoms with Crippen LogP contribution in [0.2, 0.25) is 10.0 Å². The number of aromatic amines is 1. The summed E-state index contributed by atoms with van der Waals surface area (Å²) in [6.45, 7) is 0.421. The Hall–Kier alpha value is -2.18. The lowest BCUT2D eigenvalue weighted by Crippen LogP contribution is -2.04. The molecular formula is C17H12Cl2F3N3. The summed E-state index contributed by atoms with van der Waals surface area (Å²) in [5.41, 5.74) is 2.17. The summed E-state index contributed by atoms with van der Waals surface area (Å²) in [4.78, 5) is 0. The summed E-state index contributed by atoms with van der Waals surface area (Å²) in [5.74, 6) is 0. The number of rotatable bonds is 4. The molecule has 2 N–H and O–H groups in total. The van der Waals surface area contributed by atoms with E-state index >= 15 is 0 Å². The first-order valence-corrected chi connectivity index (χ1v) is 7.99. The van der Waals surface area contributed by atoms with Crippen molar-refractivity contribution in [3.63, 3.8) is 0 Å². The van der Waals surface area contributed by atoms with Gasteiger partial charge in [0.2, 0.25) is 0 Å². The standard InChI is InChI=1S/C17H12Cl2F3N3/c18-14-6-5-13(7-15(14)19)23-8-11-9-24-25-16(11)10-1-3-12(4-2-10)17(20,21)22/h1-7,9,23H,8H2,(H,24,25). The van der Waals surface area contributed by atoms with E-state index in [0.29, 0.717) is 27.8 Å². The molecule has 0 radical (unpaired) electrons. The summed E-state index contributed by atoms with van der Waals surface area (Å²) in [6, 6.07) is 10.1. The van der Waals surface area contributed by atoms with E-state index in [1.165, 1.54) is 12.1 Å². The molecule has 2 aromatic carbocycles. The van der Waals surface area contributed by atoms with Gasteiger partial charge in [0.05, 0.1) is 27.5 Å². The topological polar surface area (TPSA) is 40.7 Å². The maximum absolute atomic E-state index is 12.7.